The fourth-order valence-electron chi connectivity index (χ4n) is 1.50. The molecule has 1 rings (SSSR count). The van der Waals surface area contributed by atoms with Gasteiger partial charge in [-0.05, 0) is 17.7 Å². The van der Waals surface area contributed by atoms with E-state index in [1.807, 2.05) is 0 Å². The van der Waals surface area contributed by atoms with Crippen molar-refractivity contribution in [1.82, 2.24) is 5.32 Å². The van der Waals surface area contributed by atoms with Crippen molar-refractivity contribution < 1.29 is 28.9 Å². The number of carbonyl (C=O) groups is 2. The van der Waals surface area contributed by atoms with E-state index < -0.39 is 18.1 Å². The van der Waals surface area contributed by atoms with E-state index in [0.717, 1.165) is 7.11 Å². The highest BCUT2D eigenvalue weighted by Gasteiger charge is 2.23. The number of carbonyl (C=O) groups excluding carboxylic acids is 1. The first-order valence-corrected chi connectivity index (χ1v) is 5.32. The molecular weight excluding hydrogens is 254 g/mol. The van der Waals surface area contributed by atoms with Crippen molar-refractivity contribution in [2.75, 3.05) is 21.3 Å². The number of aliphatic carboxylic acids is 1. The van der Waals surface area contributed by atoms with Gasteiger partial charge in [0.2, 0.25) is 0 Å². The van der Waals surface area contributed by atoms with Gasteiger partial charge in [-0.25, -0.2) is 9.59 Å². The molecule has 1 unspecified atom stereocenters. The highest BCUT2D eigenvalue weighted by molar-refractivity contribution is 5.81. The minimum Gasteiger partial charge on any atom is -0.493 e. The molecule has 1 aromatic carbocycles. The molecule has 104 valence electrons. The second kappa shape index (κ2) is 6.48. The minimum atomic E-state index is -1.23. The van der Waals surface area contributed by atoms with Crippen LogP contribution in [0.5, 0.6) is 11.5 Å². The summed E-state index contributed by atoms with van der Waals surface area (Å²) >= 11 is 0. The molecule has 7 nitrogen and oxygen atoms in total. The Kier molecular flexibility index (Phi) is 4.99. The monoisotopic (exact) mass is 269 g/mol. The van der Waals surface area contributed by atoms with Crippen molar-refractivity contribution in [3.8, 4) is 11.5 Å². The van der Waals surface area contributed by atoms with Crippen LogP contribution < -0.4 is 14.8 Å². The van der Waals surface area contributed by atoms with E-state index in [4.69, 9.17) is 14.6 Å². The summed E-state index contributed by atoms with van der Waals surface area (Å²) in [7, 11) is 4.06. The Morgan fingerprint density at radius 2 is 1.79 bits per heavy atom. The molecule has 1 amide bonds. The summed E-state index contributed by atoms with van der Waals surface area (Å²) in [4.78, 5) is 22.3. The first-order chi connectivity index (χ1) is 9.03. The van der Waals surface area contributed by atoms with Gasteiger partial charge in [0.05, 0.1) is 21.3 Å². The highest BCUT2D eigenvalue weighted by atomic mass is 16.5. The van der Waals surface area contributed by atoms with E-state index >= 15 is 0 Å². The lowest BCUT2D eigenvalue weighted by Crippen LogP contribution is -2.33. The summed E-state index contributed by atoms with van der Waals surface area (Å²) in [5, 5.41) is 11.3. The van der Waals surface area contributed by atoms with Crippen molar-refractivity contribution >= 4 is 12.1 Å². The molecule has 0 aromatic heterocycles. The van der Waals surface area contributed by atoms with Crippen LogP contribution in [0.15, 0.2) is 18.2 Å². The van der Waals surface area contributed by atoms with Gasteiger partial charge < -0.3 is 24.6 Å². The van der Waals surface area contributed by atoms with Gasteiger partial charge in [0.15, 0.2) is 17.5 Å². The number of carboxylic acids is 1. The number of benzene rings is 1. The Morgan fingerprint density at radius 3 is 2.26 bits per heavy atom. The molecule has 0 saturated heterocycles. The average Bonchev–Trinajstić information content (AvgIpc) is 2.43. The summed E-state index contributed by atoms with van der Waals surface area (Å²) in [5.74, 6) is -0.371. The topological polar surface area (TPSA) is 94.1 Å². The molecule has 0 aliphatic carbocycles. The van der Waals surface area contributed by atoms with Gasteiger partial charge in [0.25, 0.3) is 0 Å². The van der Waals surface area contributed by atoms with Crippen molar-refractivity contribution in [1.29, 1.82) is 0 Å². The third-order valence-corrected chi connectivity index (χ3v) is 2.44. The molecule has 0 saturated carbocycles. The summed E-state index contributed by atoms with van der Waals surface area (Å²) in [5.41, 5.74) is 0.343. The Morgan fingerprint density at radius 1 is 1.16 bits per heavy atom. The summed E-state index contributed by atoms with van der Waals surface area (Å²) in [6.45, 7) is 0. The normalized spacial score (nSPS) is 11.3. The Balaban J connectivity index is 3.09. The van der Waals surface area contributed by atoms with Crippen molar-refractivity contribution in [2.45, 2.75) is 6.04 Å². The summed E-state index contributed by atoms with van der Waals surface area (Å²) in [6, 6.07) is 3.33. The molecule has 7 heteroatoms. The summed E-state index contributed by atoms with van der Waals surface area (Å²) < 4.78 is 14.5. The Bertz CT molecular complexity index is 473. The summed E-state index contributed by atoms with van der Waals surface area (Å²) in [6.07, 6.45) is -0.831. The number of ether oxygens (including phenoxy) is 3. The van der Waals surface area contributed by atoms with Crippen LogP contribution in [0.2, 0.25) is 0 Å². The standard InChI is InChI=1S/C12H15NO6/c1-17-8-5-4-7(6-9(8)18-2)10(11(14)15)13-12(16)19-3/h4-6,10H,1-3H3,(H,13,16)(H,14,15). The Labute approximate surface area is 110 Å². The predicted octanol–water partition coefficient (Wildman–Crippen LogP) is 1.19. The zero-order valence-electron chi connectivity index (χ0n) is 10.8. The molecule has 1 aromatic rings. The van der Waals surface area contributed by atoms with Crippen LogP contribution >= 0.6 is 0 Å². The molecule has 0 aliphatic heterocycles. The number of amides is 1. The second-order valence-electron chi connectivity index (χ2n) is 3.52. The molecule has 0 aliphatic rings. The minimum absolute atomic E-state index is 0.343. The molecule has 19 heavy (non-hydrogen) atoms. The predicted molar refractivity (Wildman–Crippen MR) is 65.5 cm³/mol. The largest absolute Gasteiger partial charge is 0.493 e. The zero-order chi connectivity index (χ0) is 14.4. The molecule has 1 atom stereocenters. The first-order valence-electron chi connectivity index (χ1n) is 5.32. The van der Waals surface area contributed by atoms with Gasteiger partial charge in [-0.1, -0.05) is 6.07 Å². The molecule has 0 radical (unpaired) electrons. The second-order valence-corrected chi connectivity index (χ2v) is 3.52. The molecule has 0 bridgehead atoms. The SMILES string of the molecule is COC(=O)NC(C(=O)O)c1ccc(OC)c(OC)c1. The van der Waals surface area contributed by atoms with Crippen LogP contribution in [0.1, 0.15) is 11.6 Å². The maximum atomic E-state index is 11.2. The van der Waals surface area contributed by atoms with Gasteiger partial charge >= 0.3 is 12.1 Å². The van der Waals surface area contributed by atoms with Crippen LogP contribution in [-0.4, -0.2) is 38.5 Å². The lowest BCUT2D eigenvalue weighted by Gasteiger charge is -2.16. The van der Waals surface area contributed by atoms with Crippen molar-refractivity contribution in [2.24, 2.45) is 0 Å². The maximum Gasteiger partial charge on any atom is 0.407 e. The van der Waals surface area contributed by atoms with Crippen LogP contribution in [0.4, 0.5) is 4.79 Å². The van der Waals surface area contributed by atoms with E-state index in [-0.39, 0.29) is 0 Å². The third kappa shape index (κ3) is 3.51. The smallest absolute Gasteiger partial charge is 0.407 e. The number of hydrogen-bond donors (Lipinski definition) is 2. The first kappa shape index (κ1) is 14.6. The van der Waals surface area contributed by atoms with E-state index in [1.54, 1.807) is 6.07 Å². The fourth-order valence-corrected chi connectivity index (χ4v) is 1.50. The van der Waals surface area contributed by atoms with Gasteiger partial charge in [0, 0.05) is 0 Å². The van der Waals surface area contributed by atoms with Gasteiger partial charge in [0.1, 0.15) is 0 Å². The van der Waals surface area contributed by atoms with E-state index in [1.165, 1.54) is 26.4 Å². The van der Waals surface area contributed by atoms with Crippen LogP contribution in [-0.2, 0) is 9.53 Å². The van der Waals surface area contributed by atoms with Crippen molar-refractivity contribution in [3.05, 3.63) is 23.8 Å². The van der Waals surface area contributed by atoms with Gasteiger partial charge in [-0.2, -0.15) is 0 Å². The van der Waals surface area contributed by atoms with E-state index in [9.17, 15) is 9.59 Å². The molecule has 0 heterocycles. The molecular formula is C12H15NO6. The maximum absolute atomic E-state index is 11.2. The van der Waals surface area contributed by atoms with Gasteiger partial charge in [-0.15, -0.1) is 0 Å². The number of hydrogen-bond acceptors (Lipinski definition) is 5. The number of alkyl carbamates (subject to hydrolysis) is 1. The Hall–Kier alpha value is -2.44. The zero-order valence-corrected chi connectivity index (χ0v) is 10.8. The van der Waals surface area contributed by atoms with Crippen LogP contribution in [0, 0.1) is 0 Å². The molecule has 0 fully saturated rings. The van der Waals surface area contributed by atoms with Crippen molar-refractivity contribution in [3.63, 3.8) is 0 Å². The fraction of sp³-hybridized carbons (Fsp3) is 0.333. The average molecular weight is 269 g/mol. The van der Waals surface area contributed by atoms with Gasteiger partial charge in [-0.3, -0.25) is 0 Å². The van der Waals surface area contributed by atoms with E-state index in [0.29, 0.717) is 17.1 Å². The highest BCUT2D eigenvalue weighted by Crippen LogP contribution is 2.30. The quantitative estimate of drug-likeness (QED) is 0.833. The molecule has 2 N–H and O–H groups in total. The third-order valence-electron chi connectivity index (χ3n) is 2.44. The number of rotatable bonds is 5. The number of nitrogens with one attached hydrogen (secondary N) is 1. The van der Waals surface area contributed by atoms with Crippen LogP contribution in [0.3, 0.4) is 0 Å². The lowest BCUT2D eigenvalue weighted by molar-refractivity contribution is -0.139. The lowest BCUT2D eigenvalue weighted by atomic mass is 10.1. The molecule has 0 spiro atoms. The number of carboxylic acid groups (broad SMARTS) is 1. The van der Waals surface area contributed by atoms with E-state index in [2.05, 4.69) is 10.1 Å². The number of methoxy groups -OCH3 is 3. The van der Waals surface area contributed by atoms with Crippen LogP contribution in [0.25, 0.3) is 0 Å².